The van der Waals surface area contributed by atoms with Gasteiger partial charge in [0.25, 0.3) is 5.91 Å². The summed E-state index contributed by atoms with van der Waals surface area (Å²) in [7, 11) is 1.67. The molecule has 162 valence electrons. The molecule has 4 aromatic rings. The van der Waals surface area contributed by atoms with Gasteiger partial charge in [0, 0.05) is 49.2 Å². The lowest BCUT2D eigenvalue weighted by Crippen LogP contribution is -2.48. The average Bonchev–Trinajstić information content (AvgIpc) is 3.32. The SMILES string of the molecule is COc1ccc(-c2nc(CN3CCN(C(=O)c4cccc5ccccc45)CC3)cs2)cc1. The Kier molecular flexibility index (Phi) is 5.88. The van der Waals surface area contributed by atoms with E-state index in [1.165, 1.54) is 0 Å². The van der Waals surface area contributed by atoms with Crippen molar-refractivity contribution in [3.8, 4) is 16.3 Å². The van der Waals surface area contributed by atoms with Crippen LogP contribution < -0.4 is 4.74 Å². The van der Waals surface area contributed by atoms with Crippen molar-refractivity contribution in [2.75, 3.05) is 33.3 Å². The number of methoxy groups -OCH3 is 1. The highest BCUT2D eigenvalue weighted by Crippen LogP contribution is 2.26. The number of carbonyl (C=O) groups is 1. The molecule has 32 heavy (non-hydrogen) atoms. The fourth-order valence-corrected chi connectivity index (χ4v) is 4.98. The van der Waals surface area contributed by atoms with E-state index in [9.17, 15) is 4.79 Å². The highest BCUT2D eigenvalue weighted by molar-refractivity contribution is 7.13. The van der Waals surface area contributed by atoms with E-state index in [2.05, 4.69) is 22.4 Å². The molecule has 1 amide bonds. The lowest BCUT2D eigenvalue weighted by Gasteiger charge is -2.34. The molecular weight excluding hydrogens is 418 g/mol. The Bertz CT molecular complexity index is 1220. The van der Waals surface area contributed by atoms with Crippen molar-refractivity contribution in [2.45, 2.75) is 6.54 Å². The average molecular weight is 444 g/mol. The van der Waals surface area contributed by atoms with Crippen LogP contribution in [0.2, 0.25) is 0 Å². The quantitative estimate of drug-likeness (QED) is 0.439. The molecule has 1 saturated heterocycles. The molecule has 0 bridgehead atoms. The second-order valence-corrected chi connectivity index (χ2v) is 8.83. The number of aromatic nitrogens is 1. The molecule has 0 aliphatic carbocycles. The van der Waals surface area contributed by atoms with E-state index in [4.69, 9.17) is 9.72 Å². The van der Waals surface area contributed by atoms with Crippen LogP contribution in [0.25, 0.3) is 21.3 Å². The Balaban J connectivity index is 1.21. The maximum atomic E-state index is 13.2. The van der Waals surface area contributed by atoms with Crippen LogP contribution in [0.3, 0.4) is 0 Å². The highest BCUT2D eigenvalue weighted by Gasteiger charge is 2.23. The van der Waals surface area contributed by atoms with Crippen LogP contribution >= 0.6 is 11.3 Å². The minimum atomic E-state index is 0.122. The largest absolute Gasteiger partial charge is 0.497 e. The molecule has 1 aromatic heterocycles. The summed E-state index contributed by atoms with van der Waals surface area (Å²) in [5.41, 5.74) is 2.97. The molecule has 0 radical (unpaired) electrons. The molecule has 0 spiro atoms. The zero-order valence-electron chi connectivity index (χ0n) is 18.0. The monoisotopic (exact) mass is 443 g/mol. The molecule has 1 fully saturated rings. The van der Waals surface area contributed by atoms with Gasteiger partial charge in [0.05, 0.1) is 12.8 Å². The maximum absolute atomic E-state index is 13.2. The molecule has 1 aliphatic rings. The number of nitrogens with zero attached hydrogens (tertiary/aromatic N) is 3. The summed E-state index contributed by atoms with van der Waals surface area (Å²) >= 11 is 1.67. The molecule has 2 heterocycles. The summed E-state index contributed by atoms with van der Waals surface area (Å²) in [5, 5.41) is 5.28. The van der Waals surface area contributed by atoms with Crippen molar-refractivity contribution in [3.63, 3.8) is 0 Å². The number of fused-ring (bicyclic) bond motifs is 1. The van der Waals surface area contributed by atoms with Crippen LogP contribution in [0.5, 0.6) is 5.75 Å². The van der Waals surface area contributed by atoms with Crippen LogP contribution in [0.1, 0.15) is 16.1 Å². The minimum absolute atomic E-state index is 0.122. The van der Waals surface area contributed by atoms with Crippen molar-refractivity contribution < 1.29 is 9.53 Å². The number of thiazole rings is 1. The normalized spacial score (nSPS) is 14.6. The summed E-state index contributed by atoms with van der Waals surface area (Å²) in [6.45, 7) is 3.98. The van der Waals surface area contributed by atoms with E-state index in [0.29, 0.717) is 0 Å². The molecule has 5 nitrogen and oxygen atoms in total. The Morgan fingerprint density at radius 1 is 0.969 bits per heavy atom. The number of carbonyl (C=O) groups excluding carboxylic acids is 1. The number of amides is 1. The zero-order chi connectivity index (χ0) is 21.9. The Hall–Kier alpha value is -3.22. The summed E-state index contributed by atoms with van der Waals surface area (Å²) in [6, 6.07) is 22.0. The summed E-state index contributed by atoms with van der Waals surface area (Å²) in [4.78, 5) is 22.3. The number of rotatable bonds is 5. The van der Waals surface area contributed by atoms with Gasteiger partial charge in [-0.05, 0) is 41.1 Å². The minimum Gasteiger partial charge on any atom is -0.497 e. The molecule has 3 aromatic carbocycles. The van der Waals surface area contributed by atoms with Crippen molar-refractivity contribution in [3.05, 3.63) is 83.4 Å². The van der Waals surface area contributed by atoms with Gasteiger partial charge in [-0.15, -0.1) is 11.3 Å². The van der Waals surface area contributed by atoms with Gasteiger partial charge in [-0.3, -0.25) is 9.69 Å². The van der Waals surface area contributed by atoms with Crippen LogP contribution in [-0.2, 0) is 6.54 Å². The second kappa shape index (κ2) is 9.10. The third kappa shape index (κ3) is 4.24. The lowest BCUT2D eigenvalue weighted by atomic mass is 10.0. The van der Waals surface area contributed by atoms with Gasteiger partial charge in [0.15, 0.2) is 0 Å². The molecular formula is C26H25N3O2S. The van der Waals surface area contributed by atoms with Gasteiger partial charge in [0.1, 0.15) is 10.8 Å². The highest BCUT2D eigenvalue weighted by atomic mass is 32.1. The first kappa shape index (κ1) is 20.7. The predicted octanol–water partition coefficient (Wildman–Crippen LogP) is 4.93. The predicted molar refractivity (Wildman–Crippen MR) is 129 cm³/mol. The molecule has 1 aliphatic heterocycles. The second-order valence-electron chi connectivity index (χ2n) is 7.97. The maximum Gasteiger partial charge on any atom is 0.254 e. The molecule has 0 atom stereocenters. The number of hydrogen-bond acceptors (Lipinski definition) is 5. The Labute approximate surface area is 191 Å². The molecule has 0 unspecified atom stereocenters. The number of ether oxygens (including phenoxy) is 1. The van der Waals surface area contributed by atoms with E-state index in [1.54, 1.807) is 18.4 Å². The van der Waals surface area contributed by atoms with E-state index in [0.717, 1.165) is 71.1 Å². The molecule has 0 N–H and O–H groups in total. The van der Waals surface area contributed by atoms with E-state index in [-0.39, 0.29) is 5.91 Å². The smallest absolute Gasteiger partial charge is 0.254 e. The number of hydrogen-bond donors (Lipinski definition) is 0. The van der Waals surface area contributed by atoms with Crippen LogP contribution in [-0.4, -0.2) is 54.0 Å². The van der Waals surface area contributed by atoms with Gasteiger partial charge < -0.3 is 9.64 Å². The van der Waals surface area contributed by atoms with E-state index in [1.807, 2.05) is 59.5 Å². The first-order chi connectivity index (χ1) is 15.7. The van der Waals surface area contributed by atoms with Gasteiger partial charge >= 0.3 is 0 Å². The fourth-order valence-electron chi connectivity index (χ4n) is 4.17. The molecule has 6 heteroatoms. The summed E-state index contributed by atoms with van der Waals surface area (Å²) in [5.74, 6) is 0.971. The van der Waals surface area contributed by atoms with Crippen LogP contribution in [0.15, 0.2) is 72.1 Å². The van der Waals surface area contributed by atoms with Gasteiger partial charge in [-0.25, -0.2) is 4.98 Å². The van der Waals surface area contributed by atoms with Gasteiger partial charge in [0.2, 0.25) is 0 Å². The molecule has 0 saturated carbocycles. The fraction of sp³-hybridized carbons (Fsp3) is 0.231. The first-order valence-electron chi connectivity index (χ1n) is 10.8. The third-order valence-electron chi connectivity index (χ3n) is 5.95. The van der Waals surface area contributed by atoms with Gasteiger partial charge in [-0.2, -0.15) is 0 Å². The molecule has 5 rings (SSSR count). The standard InChI is InChI=1S/C26H25N3O2S/c1-31-22-11-9-20(10-12-22)25-27-21(18-32-25)17-28-13-15-29(16-14-28)26(30)24-8-4-6-19-5-2-3-7-23(19)24/h2-12,18H,13-17H2,1H3. The van der Waals surface area contributed by atoms with Crippen LogP contribution in [0.4, 0.5) is 0 Å². The Morgan fingerprint density at radius 2 is 1.72 bits per heavy atom. The van der Waals surface area contributed by atoms with Crippen LogP contribution in [0, 0.1) is 0 Å². The summed E-state index contributed by atoms with van der Waals surface area (Å²) in [6.07, 6.45) is 0. The zero-order valence-corrected chi connectivity index (χ0v) is 18.8. The third-order valence-corrected chi connectivity index (χ3v) is 6.89. The topological polar surface area (TPSA) is 45.7 Å². The lowest BCUT2D eigenvalue weighted by molar-refractivity contribution is 0.0629. The summed E-state index contributed by atoms with van der Waals surface area (Å²) < 4.78 is 5.23. The number of benzene rings is 3. The van der Waals surface area contributed by atoms with E-state index < -0.39 is 0 Å². The van der Waals surface area contributed by atoms with Crippen molar-refractivity contribution in [1.82, 2.24) is 14.8 Å². The van der Waals surface area contributed by atoms with Crippen molar-refractivity contribution in [2.24, 2.45) is 0 Å². The first-order valence-corrected chi connectivity index (χ1v) is 11.7. The number of piperazine rings is 1. The van der Waals surface area contributed by atoms with E-state index >= 15 is 0 Å². The van der Waals surface area contributed by atoms with Gasteiger partial charge in [-0.1, -0.05) is 36.4 Å². The van der Waals surface area contributed by atoms with Crippen molar-refractivity contribution >= 4 is 28.0 Å². The van der Waals surface area contributed by atoms with Crippen molar-refractivity contribution in [1.29, 1.82) is 0 Å². The Morgan fingerprint density at radius 3 is 2.50 bits per heavy atom.